The Morgan fingerprint density at radius 3 is 2.43 bits per heavy atom. The molecule has 7 nitrogen and oxygen atoms in total. The van der Waals surface area contributed by atoms with Crippen molar-refractivity contribution in [2.75, 3.05) is 17.2 Å². The third-order valence-electron chi connectivity index (χ3n) is 2.40. The Balaban J connectivity index is 1.72. The van der Waals surface area contributed by atoms with E-state index in [0.717, 1.165) is 4.90 Å². The van der Waals surface area contributed by atoms with Crippen LogP contribution in [-0.4, -0.2) is 26.7 Å². The molecule has 1 aromatic carbocycles. The molecule has 0 unspecified atom stereocenters. The lowest BCUT2D eigenvalue weighted by molar-refractivity contribution is -0.144. The number of ether oxygens (including phenoxy) is 1. The number of thioether (sulfide) groups is 1. The molecule has 0 amide bonds. The third-order valence-corrected chi connectivity index (χ3v) is 3.41. The number of nitrogen functional groups attached to an aromatic ring is 2. The number of carbonyl (C=O) groups is 1. The molecule has 0 bridgehead atoms. The van der Waals surface area contributed by atoms with Gasteiger partial charge in [-0.2, -0.15) is 15.0 Å². The van der Waals surface area contributed by atoms with Crippen molar-refractivity contribution in [3.63, 3.8) is 0 Å². The zero-order valence-corrected chi connectivity index (χ0v) is 12.0. The van der Waals surface area contributed by atoms with E-state index in [0.29, 0.717) is 12.2 Å². The van der Waals surface area contributed by atoms with Crippen molar-refractivity contribution in [1.82, 2.24) is 15.0 Å². The second-order valence-corrected chi connectivity index (χ2v) is 5.21. The van der Waals surface area contributed by atoms with Gasteiger partial charge in [-0.05, 0) is 12.1 Å². The molecule has 21 heavy (non-hydrogen) atoms. The summed E-state index contributed by atoms with van der Waals surface area (Å²) < 4.78 is 5.06. The Morgan fingerprint density at radius 1 is 1.10 bits per heavy atom. The highest BCUT2D eigenvalue weighted by Crippen LogP contribution is 2.17. The molecule has 110 valence electrons. The fourth-order valence-electron chi connectivity index (χ4n) is 1.51. The van der Waals surface area contributed by atoms with Gasteiger partial charge in [0, 0.05) is 10.6 Å². The minimum atomic E-state index is -0.323. The molecule has 0 spiro atoms. The molecular weight excluding hydrogens is 290 g/mol. The zero-order chi connectivity index (χ0) is 15.1. The first-order valence-corrected chi connectivity index (χ1v) is 7.21. The van der Waals surface area contributed by atoms with Crippen LogP contribution in [0.3, 0.4) is 0 Å². The smallest absolute Gasteiger partial charge is 0.307 e. The number of nitrogens with zero attached hydrogens (tertiary/aromatic N) is 3. The summed E-state index contributed by atoms with van der Waals surface area (Å²) in [5.41, 5.74) is 10.8. The van der Waals surface area contributed by atoms with Crippen molar-refractivity contribution in [2.45, 2.75) is 17.9 Å². The summed E-state index contributed by atoms with van der Waals surface area (Å²) in [6.45, 7) is -0.0637. The normalized spacial score (nSPS) is 10.3. The topological polar surface area (TPSA) is 117 Å². The first kappa shape index (κ1) is 15.0. The SMILES string of the molecule is Nc1nc(N)nc(COC(=O)CCSc2ccccc2)n1. The fraction of sp³-hybridized carbons (Fsp3) is 0.231. The van der Waals surface area contributed by atoms with Crippen molar-refractivity contribution in [3.8, 4) is 0 Å². The lowest BCUT2D eigenvalue weighted by Crippen LogP contribution is -2.11. The van der Waals surface area contributed by atoms with Crippen LogP contribution in [0.2, 0.25) is 0 Å². The van der Waals surface area contributed by atoms with E-state index in [1.807, 2.05) is 30.3 Å². The number of rotatable bonds is 6. The van der Waals surface area contributed by atoms with E-state index >= 15 is 0 Å². The number of hydrogen-bond acceptors (Lipinski definition) is 8. The molecule has 2 rings (SSSR count). The molecule has 0 fully saturated rings. The highest BCUT2D eigenvalue weighted by atomic mass is 32.2. The molecular formula is C13H15N5O2S. The zero-order valence-electron chi connectivity index (χ0n) is 11.2. The number of nitrogens with two attached hydrogens (primary N) is 2. The summed E-state index contributed by atoms with van der Waals surface area (Å²) in [6, 6.07) is 9.84. The summed E-state index contributed by atoms with van der Waals surface area (Å²) in [5.74, 6) is 0.575. The minimum absolute atomic E-state index is 0.00758. The Kier molecular flexibility index (Phi) is 5.33. The maximum Gasteiger partial charge on any atom is 0.307 e. The Morgan fingerprint density at radius 2 is 1.76 bits per heavy atom. The van der Waals surface area contributed by atoms with Crippen molar-refractivity contribution in [2.24, 2.45) is 0 Å². The molecule has 1 aromatic heterocycles. The largest absolute Gasteiger partial charge is 0.457 e. The molecule has 0 radical (unpaired) electrons. The van der Waals surface area contributed by atoms with Crippen molar-refractivity contribution >= 4 is 29.6 Å². The number of carbonyl (C=O) groups excluding carboxylic acids is 1. The second kappa shape index (κ2) is 7.44. The third kappa shape index (κ3) is 5.27. The van der Waals surface area contributed by atoms with Gasteiger partial charge in [0.1, 0.15) is 0 Å². The van der Waals surface area contributed by atoms with Gasteiger partial charge in [0.15, 0.2) is 12.4 Å². The van der Waals surface area contributed by atoms with Crippen molar-refractivity contribution in [3.05, 3.63) is 36.2 Å². The molecule has 0 aliphatic carbocycles. The van der Waals surface area contributed by atoms with Crippen LogP contribution in [0.4, 0.5) is 11.9 Å². The van der Waals surface area contributed by atoms with E-state index in [-0.39, 0.29) is 30.3 Å². The second-order valence-electron chi connectivity index (χ2n) is 4.04. The lowest BCUT2D eigenvalue weighted by atomic mass is 10.4. The molecule has 2 aromatic rings. The first-order valence-electron chi connectivity index (χ1n) is 6.23. The molecule has 4 N–H and O–H groups in total. The summed E-state index contributed by atoms with van der Waals surface area (Å²) >= 11 is 1.59. The van der Waals surface area contributed by atoms with Crippen LogP contribution in [-0.2, 0) is 16.1 Å². The fourth-order valence-corrected chi connectivity index (χ4v) is 2.36. The maximum atomic E-state index is 11.6. The molecule has 0 saturated carbocycles. The Bertz CT molecular complexity index is 589. The average molecular weight is 305 g/mol. The number of anilines is 2. The van der Waals surface area contributed by atoms with E-state index in [2.05, 4.69) is 15.0 Å². The predicted molar refractivity (Wildman–Crippen MR) is 80.2 cm³/mol. The van der Waals surface area contributed by atoms with Crippen LogP contribution >= 0.6 is 11.8 Å². The van der Waals surface area contributed by atoms with Crippen LogP contribution in [0.5, 0.6) is 0 Å². The molecule has 0 atom stereocenters. The van der Waals surface area contributed by atoms with E-state index in [9.17, 15) is 4.79 Å². The van der Waals surface area contributed by atoms with Crippen LogP contribution in [0.25, 0.3) is 0 Å². The Hall–Kier alpha value is -2.35. The van der Waals surface area contributed by atoms with Gasteiger partial charge in [-0.25, -0.2) is 0 Å². The van der Waals surface area contributed by atoms with Gasteiger partial charge >= 0.3 is 5.97 Å². The van der Waals surface area contributed by atoms with Crippen LogP contribution in [0.1, 0.15) is 12.2 Å². The van der Waals surface area contributed by atoms with Crippen LogP contribution in [0, 0.1) is 0 Å². The predicted octanol–water partition coefficient (Wildman–Crippen LogP) is 1.26. The summed E-state index contributed by atoms with van der Waals surface area (Å²) in [4.78, 5) is 24.0. The molecule has 0 saturated heterocycles. The highest BCUT2D eigenvalue weighted by Gasteiger charge is 2.07. The Labute approximate surface area is 126 Å². The number of aromatic nitrogens is 3. The number of esters is 1. The van der Waals surface area contributed by atoms with Gasteiger partial charge < -0.3 is 16.2 Å². The summed E-state index contributed by atoms with van der Waals surface area (Å²) in [6.07, 6.45) is 0.301. The van der Waals surface area contributed by atoms with Gasteiger partial charge in [0.2, 0.25) is 11.9 Å². The lowest BCUT2D eigenvalue weighted by Gasteiger charge is -2.05. The van der Waals surface area contributed by atoms with Gasteiger partial charge in [0.05, 0.1) is 6.42 Å². The maximum absolute atomic E-state index is 11.6. The number of benzene rings is 1. The standard InChI is InChI=1S/C13H15N5O2S/c14-12-16-10(17-13(15)18-12)8-20-11(19)6-7-21-9-4-2-1-3-5-9/h1-5H,6-8H2,(H4,14,15,16,17,18). The summed E-state index contributed by atoms with van der Waals surface area (Å²) in [7, 11) is 0. The molecule has 8 heteroatoms. The average Bonchev–Trinajstić information content (AvgIpc) is 2.45. The monoisotopic (exact) mass is 305 g/mol. The van der Waals surface area contributed by atoms with Gasteiger partial charge in [-0.3, -0.25) is 4.79 Å². The quantitative estimate of drug-likeness (QED) is 0.605. The highest BCUT2D eigenvalue weighted by molar-refractivity contribution is 7.99. The van der Waals surface area contributed by atoms with Gasteiger partial charge in [-0.15, -0.1) is 11.8 Å². The summed E-state index contributed by atoms with van der Waals surface area (Å²) in [5, 5.41) is 0. The molecule has 1 heterocycles. The molecule has 0 aliphatic heterocycles. The van der Waals surface area contributed by atoms with E-state index in [4.69, 9.17) is 16.2 Å². The van der Waals surface area contributed by atoms with Crippen molar-refractivity contribution < 1.29 is 9.53 Å². The van der Waals surface area contributed by atoms with Crippen LogP contribution < -0.4 is 11.5 Å². The van der Waals surface area contributed by atoms with Gasteiger partial charge in [-0.1, -0.05) is 18.2 Å². The van der Waals surface area contributed by atoms with Gasteiger partial charge in [0.25, 0.3) is 0 Å². The van der Waals surface area contributed by atoms with E-state index in [1.54, 1.807) is 11.8 Å². The number of hydrogen-bond donors (Lipinski definition) is 2. The van der Waals surface area contributed by atoms with E-state index in [1.165, 1.54) is 0 Å². The van der Waals surface area contributed by atoms with Crippen molar-refractivity contribution in [1.29, 1.82) is 0 Å². The first-order chi connectivity index (χ1) is 10.1. The van der Waals surface area contributed by atoms with E-state index < -0.39 is 0 Å². The van der Waals surface area contributed by atoms with Crippen LogP contribution in [0.15, 0.2) is 35.2 Å². The minimum Gasteiger partial charge on any atom is -0.457 e. The molecule has 0 aliphatic rings.